The van der Waals surface area contributed by atoms with Gasteiger partial charge in [0.25, 0.3) is 0 Å². The Bertz CT molecular complexity index is 1070. The maximum absolute atomic E-state index is 12.2. The van der Waals surface area contributed by atoms with Crippen LogP contribution in [-0.4, -0.2) is 35.8 Å². The highest BCUT2D eigenvalue weighted by molar-refractivity contribution is 5.89. The van der Waals surface area contributed by atoms with Crippen LogP contribution in [-0.2, 0) is 4.74 Å². The van der Waals surface area contributed by atoms with Crippen LogP contribution in [0.4, 0.5) is 16.6 Å². The second kappa shape index (κ2) is 8.18. The van der Waals surface area contributed by atoms with Crippen molar-refractivity contribution < 1.29 is 14.3 Å². The third-order valence-corrected chi connectivity index (χ3v) is 5.48. The molecule has 0 saturated carbocycles. The van der Waals surface area contributed by atoms with E-state index in [1.54, 1.807) is 24.3 Å². The van der Waals surface area contributed by atoms with E-state index in [1.165, 1.54) is 0 Å². The Kier molecular flexibility index (Phi) is 5.44. The van der Waals surface area contributed by atoms with Crippen LogP contribution in [0.3, 0.4) is 0 Å². The molecule has 1 aliphatic rings. The van der Waals surface area contributed by atoms with E-state index in [0.717, 1.165) is 22.1 Å². The number of fused-ring (bicyclic) bond motifs is 1. The molecule has 2 atom stereocenters. The molecule has 0 unspecified atom stereocenters. The molecule has 1 N–H and O–H groups in total. The van der Waals surface area contributed by atoms with Crippen LogP contribution in [0.1, 0.15) is 32.4 Å². The standard InChI is InChI=1S/C23H26N4O3/c1-14(2)20-13-30-23(28)27(20)21-9-10-24-22(26-21)25-15(3)16-5-6-18-12-19(29-4)8-7-17(18)11-16/h5-12,14-15,20H,13H2,1-4H3,(H,24,25,26)/t15-,20+/m0/s1. The van der Waals surface area contributed by atoms with Crippen molar-refractivity contribution in [2.75, 3.05) is 23.9 Å². The number of hydrogen-bond donors (Lipinski definition) is 1. The van der Waals surface area contributed by atoms with E-state index in [0.29, 0.717) is 18.4 Å². The van der Waals surface area contributed by atoms with Gasteiger partial charge in [0.05, 0.1) is 19.2 Å². The van der Waals surface area contributed by atoms with Crippen molar-refractivity contribution in [3.8, 4) is 5.75 Å². The van der Waals surface area contributed by atoms with Gasteiger partial charge in [-0.2, -0.15) is 4.98 Å². The first kappa shape index (κ1) is 19.9. The van der Waals surface area contributed by atoms with Gasteiger partial charge in [0.1, 0.15) is 18.2 Å². The summed E-state index contributed by atoms with van der Waals surface area (Å²) >= 11 is 0. The van der Waals surface area contributed by atoms with Crippen LogP contribution >= 0.6 is 0 Å². The van der Waals surface area contributed by atoms with Crippen LogP contribution in [0.25, 0.3) is 10.8 Å². The molecule has 7 nitrogen and oxygen atoms in total. The molecule has 1 aliphatic heterocycles. The van der Waals surface area contributed by atoms with Crippen molar-refractivity contribution in [3.63, 3.8) is 0 Å². The van der Waals surface area contributed by atoms with Gasteiger partial charge in [-0.25, -0.2) is 9.78 Å². The van der Waals surface area contributed by atoms with Crippen LogP contribution in [0.2, 0.25) is 0 Å². The van der Waals surface area contributed by atoms with Gasteiger partial charge < -0.3 is 14.8 Å². The van der Waals surface area contributed by atoms with Crippen LogP contribution < -0.4 is 15.0 Å². The number of hydrogen-bond acceptors (Lipinski definition) is 6. The lowest BCUT2D eigenvalue weighted by molar-refractivity contribution is 0.177. The minimum absolute atomic E-state index is 0.0156. The largest absolute Gasteiger partial charge is 0.497 e. The molecule has 1 saturated heterocycles. The van der Waals surface area contributed by atoms with Gasteiger partial charge in [0.15, 0.2) is 0 Å². The normalized spacial score (nSPS) is 17.3. The fraction of sp³-hybridized carbons (Fsp3) is 0.348. The number of benzene rings is 2. The molecule has 1 amide bonds. The summed E-state index contributed by atoms with van der Waals surface area (Å²) in [6, 6.07) is 14.0. The van der Waals surface area contributed by atoms with Gasteiger partial charge in [-0.3, -0.25) is 4.90 Å². The summed E-state index contributed by atoms with van der Waals surface area (Å²) in [4.78, 5) is 22.8. The van der Waals surface area contributed by atoms with Crippen molar-refractivity contribution in [3.05, 3.63) is 54.2 Å². The van der Waals surface area contributed by atoms with E-state index in [2.05, 4.69) is 54.3 Å². The highest BCUT2D eigenvalue weighted by Crippen LogP contribution is 2.28. The smallest absolute Gasteiger partial charge is 0.415 e. The second-order valence-electron chi connectivity index (χ2n) is 7.84. The number of nitrogens with zero attached hydrogens (tertiary/aromatic N) is 3. The lowest BCUT2D eigenvalue weighted by atomic mass is 10.0. The van der Waals surface area contributed by atoms with Crippen molar-refractivity contribution in [1.29, 1.82) is 0 Å². The molecule has 0 bridgehead atoms. The van der Waals surface area contributed by atoms with Gasteiger partial charge in [0, 0.05) is 6.20 Å². The Hall–Kier alpha value is -3.35. The van der Waals surface area contributed by atoms with E-state index < -0.39 is 0 Å². The maximum Gasteiger partial charge on any atom is 0.415 e. The molecule has 0 radical (unpaired) electrons. The molecule has 1 aromatic heterocycles. The van der Waals surface area contributed by atoms with Gasteiger partial charge in [-0.15, -0.1) is 0 Å². The molecule has 3 aromatic rings. The molecule has 0 aliphatic carbocycles. The Morgan fingerprint density at radius 3 is 2.67 bits per heavy atom. The van der Waals surface area contributed by atoms with Crippen LogP contribution in [0, 0.1) is 5.92 Å². The van der Waals surface area contributed by atoms with E-state index in [9.17, 15) is 4.79 Å². The zero-order valence-corrected chi connectivity index (χ0v) is 17.6. The second-order valence-corrected chi connectivity index (χ2v) is 7.84. The lowest BCUT2D eigenvalue weighted by Gasteiger charge is -2.23. The zero-order chi connectivity index (χ0) is 21.3. The fourth-order valence-corrected chi connectivity index (χ4v) is 3.66. The Balaban J connectivity index is 1.55. The molecule has 30 heavy (non-hydrogen) atoms. The summed E-state index contributed by atoms with van der Waals surface area (Å²) in [7, 11) is 1.67. The number of rotatable bonds is 6. The number of ether oxygens (including phenoxy) is 2. The number of cyclic esters (lactones) is 1. The van der Waals surface area contributed by atoms with Gasteiger partial charge >= 0.3 is 6.09 Å². The number of aromatic nitrogens is 2. The van der Waals surface area contributed by atoms with Crippen molar-refractivity contribution in [2.24, 2.45) is 5.92 Å². The molecule has 2 heterocycles. The number of carbonyl (C=O) groups is 1. The third-order valence-electron chi connectivity index (χ3n) is 5.48. The summed E-state index contributed by atoms with van der Waals surface area (Å²) in [5.74, 6) is 2.12. The maximum atomic E-state index is 12.2. The van der Waals surface area contributed by atoms with Crippen molar-refractivity contribution in [1.82, 2.24) is 9.97 Å². The highest BCUT2D eigenvalue weighted by atomic mass is 16.6. The monoisotopic (exact) mass is 406 g/mol. The van der Waals surface area contributed by atoms with E-state index in [1.807, 2.05) is 18.2 Å². The number of nitrogens with one attached hydrogen (secondary N) is 1. The van der Waals surface area contributed by atoms with Gasteiger partial charge in [0.2, 0.25) is 5.95 Å². The Morgan fingerprint density at radius 2 is 1.90 bits per heavy atom. The minimum atomic E-state index is -0.364. The molecule has 1 fully saturated rings. The predicted molar refractivity (Wildman–Crippen MR) is 117 cm³/mol. The molecular formula is C23H26N4O3. The summed E-state index contributed by atoms with van der Waals surface area (Å²) in [6.45, 7) is 6.57. The van der Waals surface area contributed by atoms with Crippen LogP contribution in [0.15, 0.2) is 48.7 Å². The lowest BCUT2D eigenvalue weighted by Crippen LogP contribution is -2.37. The zero-order valence-electron chi connectivity index (χ0n) is 17.6. The third kappa shape index (κ3) is 3.87. The average Bonchev–Trinajstić information content (AvgIpc) is 3.15. The predicted octanol–water partition coefficient (Wildman–Crippen LogP) is 4.79. The van der Waals surface area contributed by atoms with E-state index >= 15 is 0 Å². The number of methoxy groups -OCH3 is 1. The van der Waals surface area contributed by atoms with Gasteiger partial charge in [-0.05, 0) is 53.4 Å². The van der Waals surface area contributed by atoms with Crippen LogP contribution in [0.5, 0.6) is 5.75 Å². The van der Waals surface area contributed by atoms with Gasteiger partial charge in [-0.1, -0.05) is 32.0 Å². The first-order chi connectivity index (χ1) is 14.5. The topological polar surface area (TPSA) is 76.6 Å². The van der Waals surface area contributed by atoms with Crippen molar-refractivity contribution >= 4 is 28.6 Å². The van der Waals surface area contributed by atoms with E-state index in [4.69, 9.17) is 9.47 Å². The summed E-state index contributed by atoms with van der Waals surface area (Å²) in [6.07, 6.45) is 1.30. The highest BCUT2D eigenvalue weighted by Gasteiger charge is 2.37. The average molecular weight is 406 g/mol. The first-order valence-corrected chi connectivity index (χ1v) is 10.1. The molecule has 7 heteroatoms. The molecule has 4 rings (SSSR count). The van der Waals surface area contributed by atoms with Crippen molar-refractivity contribution in [2.45, 2.75) is 32.9 Å². The number of amides is 1. The fourth-order valence-electron chi connectivity index (χ4n) is 3.66. The minimum Gasteiger partial charge on any atom is -0.497 e. The van der Waals surface area contributed by atoms with E-state index in [-0.39, 0.29) is 24.1 Å². The summed E-state index contributed by atoms with van der Waals surface area (Å²) in [5, 5.41) is 5.60. The summed E-state index contributed by atoms with van der Waals surface area (Å²) in [5.41, 5.74) is 1.11. The molecule has 0 spiro atoms. The Labute approximate surface area is 176 Å². The molecule has 156 valence electrons. The number of anilines is 2. The summed E-state index contributed by atoms with van der Waals surface area (Å²) < 4.78 is 10.5. The molecule has 2 aromatic carbocycles. The molecular weight excluding hydrogens is 380 g/mol. The quantitative estimate of drug-likeness (QED) is 0.634. The number of carbonyl (C=O) groups excluding carboxylic acids is 1. The SMILES string of the molecule is COc1ccc2cc([C@H](C)Nc3nccc(N4C(=O)OC[C@@H]4C(C)C)n3)ccc2c1. The first-order valence-electron chi connectivity index (χ1n) is 10.1. The Morgan fingerprint density at radius 1 is 1.13 bits per heavy atom.